The highest BCUT2D eigenvalue weighted by molar-refractivity contribution is 7.10. The Kier molecular flexibility index (Phi) is 6.54. The minimum absolute atomic E-state index is 0.0625. The number of nitrogens with zero attached hydrogens (tertiary/aromatic N) is 1. The highest BCUT2D eigenvalue weighted by Gasteiger charge is 2.48. The molecule has 7 nitrogen and oxygen atoms in total. The number of Topliss-reactive ketones (excluding diaryl/α,β-unsaturated/α-hetero) is 1. The van der Waals surface area contributed by atoms with Gasteiger partial charge in [-0.2, -0.15) is 0 Å². The third-order valence-corrected chi connectivity index (χ3v) is 7.04. The van der Waals surface area contributed by atoms with Crippen LogP contribution in [0.25, 0.3) is 5.76 Å². The van der Waals surface area contributed by atoms with E-state index in [0.717, 1.165) is 10.4 Å². The number of carbonyl (C=O) groups is 2. The summed E-state index contributed by atoms with van der Waals surface area (Å²) in [6.07, 6.45) is 0. The van der Waals surface area contributed by atoms with Crippen molar-refractivity contribution in [3.8, 4) is 17.2 Å². The zero-order chi connectivity index (χ0) is 24.6. The van der Waals surface area contributed by atoms with Crippen LogP contribution < -0.4 is 19.1 Å². The van der Waals surface area contributed by atoms with Crippen LogP contribution in [0.2, 0.25) is 5.02 Å². The van der Waals surface area contributed by atoms with E-state index in [4.69, 9.17) is 25.8 Å². The van der Waals surface area contributed by atoms with Gasteiger partial charge in [-0.3, -0.25) is 14.5 Å². The standard InChI is InChI=1S/C25H22ClNO6S/c1-13-7-8-34-24(13)21-20(22(28)18-12-15(31-2)5-6-19(18)26)23(29)25(30)27(21)14-9-16(32-3)11-17(10-14)33-4/h5-12,21,28H,1-4H3/b22-20-. The average Bonchev–Trinajstić information content (AvgIpc) is 3.38. The molecule has 0 spiro atoms. The van der Waals surface area contributed by atoms with E-state index in [0.29, 0.717) is 22.9 Å². The molecule has 2 aromatic carbocycles. The van der Waals surface area contributed by atoms with Crippen molar-refractivity contribution in [3.05, 3.63) is 74.4 Å². The molecule has 3 aromatic rings. The van der Waals surface area contributed by atoms with Gasteiger partial charge in [-0.05, 0) is 42.1 Å². The predicted octanol–water partition coefficient (Wildman–Crippen LogP) is 5.36. The van der Waals surface area contributed by atoms with Crippen LogP contribution in [0, 0.1) is 6.92 Å². The van der Waals surface area contributed by atoms with Crippen LogP contribution in [0.5, 0.6) is 17.2 Å². The SMILES string of the molecule is COc1cc(OC)cc(N2C(=O)C(=O)/C(=C(\O)c3cc(OC)ccc3Cl)C2c2sccc2C)c1. The van der Waals surface area contributed by atoms with Crippen molar-refractivity contribution in [3.63, 3.8) is 0 Å². The molecule has 1 aromatic heterocycles. The van der Waals surface area contributed by atoms with Gasteiger partial charge in [0.1, 0.15) is 29.0 Å². The van der Waals surface area contributed by atoms with Crippen molar-refractivity contribution >= 4 is 46.1 Å². The summed E-state index contributed by atoms with van der Waals surface area (Å²) in [5.74, 6) is -0.633. The fourth-order valence-electron chi connectivity index (χ4n) is 3.90. The Labute approximate surface area is 205 Å². The molecular formula is C25H22ClNO6S. The minimum atomic E-state index is -0.876. The number of halogens is 1. The lowest BCUT2D eigenvalue weighted by Gasteiger charge is -2.25. The van der Waals surface area contributed by atoms with E-state index in [-0.39, 0.29) is 21.9 Å². The number of aliphatic hydroxyl groups excluding tert-OH is 1. The minimum Gasteiger partial charge on any atom is -0.507 e. The lowest BCUT2D eigenvalue weighted by Crippen LogP contribution is -2.29. The summed E-state index contributed by atoms with van der Waals surface area (Å²) in [4.78, 5) is 28.8. The average molecular weight is 500 g/mol. The Morgan fingerprint density at radius 1 is 0.971 bits per heavy atom. The molecule has 0 bridgehead atoms. The lowest BCUT2D eigenvalue weighted by atomic mass is 9.98. The van der Waals surface area contributed by atoms with Crippen LogP contribution in [0.1, 0.15) is 22.0 Å². The quantitative estimate of drug-likeness (QED) is 0.279. The van der Waals surface area contributed by atoms with Crippen LogP contribution in [0.3, 0.4) is 0 Å². The first-order valence-electron chi connectivity index (χ1n) is 10.2. The first-order chi connectivity index (χ1) is 16.3. The van der Waals surface area contributed by atoms with Gasteiger partial charge in [0, 0.05) is 28.6 Å². The number of amides is 1. The van der Waals surface area contributed by atoms with E-state index >= 15 is 0 Å². The zero-order valence-corrected chi connectivity index (χ0v) is 20.5. The summed E-state index contributed by atoms with van der Waals surface area (Å²) in [6.45, 7) is 1.89. The topological polar surface area (TPSA) is 85.3 Å². The van der Waals surface area contributed by atoms with Crippen LogP contribution in [-0.2, 0) is 9.59 Å². The fourth-order valence-corrected chi connectivity index (χ4v) is 5.13. The number of ketones is 1. The Morgan fingerprint density at radius 3 is 2.18 bits per heavy atom. The molecule has 1 saturated heterocycles. The molecule has 1 aliphatic rings. The van der Waals surface area contributed by atoms with Crippen molar-refractivity contribution in [2.45, 2.75) is 13.0 Å². The summed E-state index contributed by atoms with van der Waals surface area (Å²) >= 11 is 7.74. The van der Waals surface area contributed by atoms with E-state index in [1.54, 1.807) is 30.3 Å². The number of anilines is 1. The molecule has 1 unspecified atom stereocenters. The summed E-state index contributed by atoms with van der Waals surface area (Å²) in [5, 5.41) is 13.4. The third kappa shape index (κ3) is 3.99. The van der Waals surface area contributed by atoms with Gasteiger partial charge < -0.3 is 19.3 Å². The summed E-state index contributed by atoms with van der Waals surface area (Å²) < 4.78 is 16.0. The molecule has 0 saturated carbocycles. The Morgan fingerprint density at radius 2 is 1.62 bits per heavy atom. The van der Waals surface area contributed by atoms with Gasteiger partial charge in [-0.25, -0.2) is 0 Å². The van der Waals surface area contributed by atoms with Gasteiger partial charge >= 0.3 is 0 Å². The van der Waals surface area contributed by atoms with Gasteiger partial charge in [0.15, 0.2) is 0 Å². The summed E-state index contributed by atoms with van der Waals surface area (Å²) in [5.41, 5.74) is 1.40. The molecule has 1 atom stereocenters. The molecule has 9 heteroatoms. The molecule has 34 heavy (non-hydrogen) atoms. The van der Waals surface area contributed by atoms with Gasteiger partial charge in [0.05, 0.1) is 37.6 Å². The molecule has 4 rings (SSSR count). The fraction of sp³-hybridized carbons (Fsp3) is 0.200. The monoisotopic (exact) mass is 499 g/mol. The Bertz CT molecular complexity index is 1290. The van der Waals surface area contributed by atoms with E-state index in [2.05, 4.69) is 0 Å². The van der Waals surface area contributed by atoms with Crippen LogP contribution >= 0.6 is 22.9 Å². The largest absolute Gasteiger partial charge is 0.507 e. The van der Waals surface area contributed by atoms with Crippen molar-refractivity contribution in [2.75, 3.05) is 26.2 Å². The van der Waals surface area contributed by atoms with Crippen molar-refractivity contribution in [1.29, 1.82) is 0 Å². The molecule has 2 heterocycles. The molecule has 1 N–H and O–H groups in total. The number of carbonyl (C=O) groups excluding carboxylic acids is 2. The van der Waals surface area contributed by atoms with Crippen molar-refractivity contribution < 1.29 is 28.9 Å². The first-order valence-corrected chi connectivity index (χ1v) is 11.5. The zero-order valence-electron chi connectivity index (χ0n) is 18.9. The molecule has 0 radical (unpaired) electrons. The Balaban J connectivity index is 1.99. The van der Waals surface area contributed by atoms with Gasteiger partial charge in [0.2, 0.25) is 0 Å². The maximum absolute atomic E-state index is 13.4. The number of hydrogen-bond acceptors (Lipinski definition) is 7. The van der Waals surface area contributed by atoms with E-state index in [9.17, 15) is 14.7 Å². The molecule has 1 aliphatic heterocycles. The molecular weight excluding hydrogens is 478 g/mol. The number of ether oxygens (including phenoxy) is 3. The number of aryl methyl sites for hydroxylation is 1. The smallest absolute Gasteiger partial charge is 0.300 e. The van der Waals surface area contributed by atoms with Gasteiger partial charge in [-0.1, -0.05) is 11.6 Å². The second-order valence-electron chi connectivity index (χ2n) is 7.55. The summed E-state index contributed by atoms with van der Waals surface area (Å²) in [7, 11) is 4.48. The Hall–Kier alpha value is -3.49. The number of methoxy groups -OCH3 is 3. The van der Waals surface area contributed by atoms with Gasteiger partial charge in [-0.15, -0.1) is 11.3 Å². The molecule has 1 fully saturated rings. The van der Waals surface area contributed by atoms with Crippen LogP contribution in [-0.4, -0.2) is 38.1 Å². The maximum Gasteiger partial charge on any atom is 0.300 e. The molecule has 1 amide bonds. The summed E-state index contributed by atoms with van der Waals surface area (Å²) in [6, 6.07) is 10.7. The predicted molar refractivity (Wildman–Crippen MR) is 131 cm³/mol. The second-order valence-corrected chi connectivity index (χ2v) is 8.91. The number of hydrogen-bond donors (Lipinski definition) is 1. The number of aliphatic hydroxyl groups is 1. The number of benzene rings is 2. The third-order valence-electron chi connectivity index (χ3n) is 5.64. The normalized spacial score (nSPS) is 17.2. The van der Waals surface area contributed by atoms with E-state index in [1.807, 2.05) is 18.4 Å². The molecule has 0 aliphatic carbocycles. The number of rotatable bonds is 6. The second kappa shape index (κ2) is 9.40. The van der Waals surface area contributed by atoms with Gasteiger partial charge in [0.25, 0.3) is 11.7 Å². The van der Waals surface area contributed by atoms with Crippen molar-refractivity contribution in [2.24, 2.45) is 0 Å². The number of thiophene rings is 1. The van der Waals surface area contributed by atoms with Crippen LogP contribution in [0.4, 0.5) is 5.69 Å². The van der Waals surface area contributed by atoms with Crippen LogP contribution in [0.15, 0.2) is 53.4 Å². The maximum atomic E-state index is 13.4. The van der Waals surface area contributed by atoms with Crippen molar-refractivity contribution in [1.82, 2.24) is 0 Å². The highest BCUT2D eigenvalue weighted by Crippen LogP contribution is 2.46. The van der Waals surface area contributed by atoms with E-state index < -0.39 is 17.7 Å². The highest BCUT2D eigenvalue weighted by atomic mass is 35.5. The lowest BCUT2D eigenvalue weighted by molar-refractivity contribution is -0.132. The first kappa shape index (κ1) is 23.7. The molecule has 176 valence electrons. The van der Waals surface area contributed by atoms with E-state index in [1.165, 1.54) is 43.6 Å².